The van der Waals surface area contributed by atoms with Crippen LogP contribution >= 0.6 is 0 Å². The molecule has 1 aliphatic carbocycles. The zero-order chi connectivity index (χ0) is 22.2. The second-order valence-corrected chi connectivity index (χ2v) is 8.07. The van der Waals surface area contributed by atoms with E-state index < -0.39 is 0 Å². The number of fused-ring (bicyclic) bond motifs is 1. The molecule has 0 atom stereocenters. The van der Waals surface area contributed by atoms with Crippen molar-refractivity contribution in [2.45, 2.75) is 32.2 Å². The summed E-state index contributed by atoms with van der Waals surface area (Å²) in [4.78, 5) is 21.3. The molecule has 4 aromatic rings. The highest BCUT2D eigenvalue weighted by Gasteiger charge is 2.27. The Balaban J connectivity index is 1.38. The van der Waals surface area contributed by atoms with Crippen molar-refractivity contribution in [1.82, 2.24) is 29.6 Å². The molecule has 1 aliphatic rings. The highest BCUT2D eigenvalue weighted by molar-refractivity contribution is 5.99. The summed E-state index contributed by atoms with van der Waals surface area (Å²) in [5.41, 5.74) is 3.73. The van der Waals surface area contributed by atoms with Crippen LogP contribution in [0.4, 0.5) is 10.6 Å². The summed E-state index contributed by atoms with van der Waals surface area (Å²) < 4.78 is 9.45. The number of amides is 1. The topological polar surface area (TPSA) is 98.9 Å². The molecule has 9 heteroatoms. The van der Waals surface area contributed by atoms with E-state index in [-0.39, 0.29) is 6.03 Å². The predicted octanol–water partition coefficient (Wildman–Crippen LogP) is 3.94. The van der Waals surface area contributed by atoms with Crippen LogP contribution in [-0.4, -0.2) is 37.4 Å². The van der Waals surface area contributed by atoms with E-state index in [0.717, 1.165) is 27.9 Å². The molecular weight excluding hydrogens is 406 g/mol. The summed E-state index contributed by atoms with van der Waals surface area (Å²) in [7, 11) is 3.78. The maximum atomic E-state index is 12.9. The molecule has 32 heavy (non-hydrogen) atoms. The minimum Gasteiger partial charge on any atom is -0.439 e. The predicted molar refractivity (Wildman–Crippen MR) is 121 cm³/mol. The molecule has 3 aromatic heterocycles. The van der Waals surface area contributed by atoms with Crippen LogP contribution in [-0.2, 0) is 13.6 Å². The molecular formula is C23H25N7O2. The maximum absolute atomic E-state index is 12.9. The fourth-order valence-electron chi connectivity index (χ4n) is 3.93. The van der Waals surface area contributed by atoms with Crippen LogP contribution in [0.5, 0.6) is 11.6 Å². The van der Waals surface area contributed by atoms with Crippen LogP contribution in [0, 0.1) is 6.92 Å². The van der Waals surface area contributed by atoms with Gasteiger partial charge in [-0.25, -0.2) is 14.8 Å². The first-order valence-electron chi connectivity index (χ1n) is 10.6. The Morgan fingerprint density at radius 2 is 2.06 bits per heavy atom. The second kappa shape index (κ2) is 8.08. The van der Waals surface area contributed by atoms with E-state index in [9.17, 15) is 4.79 Å². The monoisotopic (exact) mass is 431 g/mol. The number of carbonyl (C=O) groups excluding carboxylic acids is 1. The number of hydrogen-bond acceptors (Lipinski definition) is 6. The van der Waals surface area contributed by atoms with Crippen molar-refractivity contribution in [3.05, 3.63) is 59.8 Å². The maximum Gasteiger partial charge on any atom is 0.331 e. The number of anilines is 1. The normalized spacial score (nSPS) is 13.5. The molecule has 0 aliphatic heterocycles. The Hall–Kier alpha value is -3.72. The molecule has 1 aromatic carbocycles. The summed E-state index contributed by atoms with van der Waals surface area (Å²) in [5, 5.41) is 11.3. The van der Waals surface area contributed by atoms with Gasteiger partial charge < -0.3 is 10.1 Å². The van der Waals surface area contributed by atoms with Gasteiger partial charge in [0.1, 0.15) is 12.1 Å². The number of aromatic nitrogens is 5. The Morgan fingerprint density at radius 1 is 1.22 bits per heavy atom. The van der Waals surface area contributed by atoms with Crippen molar-refractivity contribution in [2.75, 3.05) is 12.4 Å². The van der Waals surface area contributed by atoms with E-state index in [1.54, 1.807) is 10.8 Å². The zero-order valence-corrected chi connectivity index (χ0v) is 18.3. The quantitative estimate of drug-likeness (QED) is 0.480. The lowest BCUT2D eigenvalue weighted by Gasteiger charge is -2.11. The minimum absolute atomic E-state index is 0.249. The largest absolute Gasteiger partial charge is 0.439 e. The first kappa shape index (κ1) is 20.2. The summed E-state index contributed by atoms with van der Waals surface area (Å²) in [6.45, 7) is 2.60. The Labute approximate surface area is 185 Å². The number of hydrogen-bond donors (Lipinski definition) is 2. The summed E-state index contributed by atoms with van der Waals surface area (Å²) in [6.07, 6.45) is 5.62. The molecule has 0 bridgehead atoms. The molecule has 9 nitrogen and oxygen atoms in total. The van der Waals surface area contributed by atoms with E-state index in [1.165, 1.54) is 19.2 Å². The standard InChI is InChI=1S/C23H25N7O2/c1-14-17-8-9-30(23(31)27-21-11-19(15-4-5-15)29(3)28-21)18(17)6-7-20(14)32-22-10-16(12-24-2)25-13-26-22/h6-11,13,15,24H,4-5,12H2,1-3H3,(H,27,28,31). The first-order chi connectivity index (χ1) is 15.5. The lowest BCUT2D eigenvalue weighted by molar-refractivity contribution is 0.254. The number of nitrogens with zero attached hydrogens (tertiary/aromatic N) is 5. The average Bonchev–Trinajstić information content (AvgIpc) is 3.41. The summed E-state index contributed by atoms with van der Waals surface area (Å²) >= 11 is 0. The number of benzene rings is 1. The molecule has 0 unspecified atom stereocenters. The number of nitrogens with one attached hydrogen (secondary N) is 2. The summed E-state index contributed by atoms with van der Waals surface area (Å²) in [5.74, 6) is 2.30. The van der Waals surface area contributed by atoms with Gasteiger partial charge in [-0.3, -0.25) is 14.6 Å². The Morgan fingerprint density at radius 3 is 2.84 bits per heavy atom. The molecule has 3 heterocycles. The van der Waals surface area contributed by atoms with Gasteiger partial charge in [0.25, 0.3) is 0 Å². The molecule has 0 saturated heterocycles. The lowest BCUT2D eigenvalue weighted by Crippen LogP contribution is -2.18. The first-order valence-corrected chi connectivity index (χ1v) is 10.6. The smallest absolute Gasteiger partial charge is 0.331 e. The third-order valence-corrected chi connectivity index (χ3v) is 5.73. The highest BCUT2D eigenvalue weighted by atomic mass is 16.5. The molecule has 2 N–H and O–H groups in total. The Kier molecular flexibility index (Phi) is 5.10. The summed E-state index contributed by atoms with van der Waals surface area (Å²) in [6, 6.07) is 9.16. The van der Waals surface area contributed by atoms with Gasteiger partial charge in [-0.05, 0) is 45.0 Å². The van der Waals surface area contributed by atoms with Gasteiger partial charge in [-0.2, -0.15) is 5.10 Å². The highest BCUT2D eigenvalue weighted by Crippen LogP contribution is 2.40. The van der Waals surface area contributed by atoms with Crippen LogP contribution in [0.15, 0.2) is 42.9 Å². The zero-order valence-electron chi connectivity index (χ0n) is 18.3. The third-order valence-electron chi connectivity index (χ3n) is 5.73. The number of aryl methyl sites for hydroxylation is 2. The van der Waals surface area contributed by atoms with E-state index in [1.807, 2.05) is 56.0 Å². The molecule has 0 spiro atoms. The van der Waals surface area contributed by atoms with E-state index in [0.29, 0.717) is 29.9 Å². The lowest BCUT2D eigenvalue weighted by atomic mass is 10.1. The molecule has 5 rings (SSSR count). The average molecular weight is 432 g/mol. The van der Waals surface area contributed by atoms with Crippen molar-refractivity contribution < 1.29 is 9.53 Å². The molecule has 0 radical (unpaired) electrons. The molecule has 1 saturated carbocycles. The van der Waals surface area contributed by atoms with Crippen LogP contribution < -0.4 is 15.4 Å². The van der Waals surface area contributed by atoms with Crippen molar-refractivity contribution in [3.63, 3.8) is 0 Å². The molecule has 1 fully saturated rings. The second-order valence-electron chi connectivity index (χ2n) is 8.07. The van der Waals surface area contributed by atoms with Gasteiger partial charge in [0.15, 0.2) is 5.82 Å². The van der Waals surface area contributed by atoms with E-state index >= 15 is 0 Å². The van der Waals surface area contributed by atoms with Crippen LogP contribution in [0.25, 0.3) is 10.9 Å². The van der Waals surface area contributed by atoms with Crippen LogP contribution in [0.1, 0.15) is 35.7 Å². The van der Waals surface area contributed by atoms with Crippen LogP contribution in [0.2, 0.25) is 0 Å². The van der Waals surface area contributed by atoms with Gasteiger partial charge in [-0.1, -0.05) is 0 Å². The van der Waals surface area contributed by atoms with Gasteiger partial charge in [0.05, 0.1) is 11.2 Å². The van der Waals surface area contributed by atoms with Gasteiger partial charge in [0, 0.05) is 54.5 Å². The van der Waals surface area contributed by atoms with E-state index in [2.05, 4.69) is 25.7 Å². The van der Waals surface area contributed by atoms with E-state index in [4.69, 9.17) is 4.74 Å². The number of ether oxygens (including phenoxy) is 1. The van der Waals surface area contributed by atoms with Crippen LogP contribution in [0.3, 0.4) is 0 Å². The van der Waals surface area contributed by atoms with Gasteiger partial charge in [0.2, 0.25) is 5.88 Å². The van der Waals surface area contributed by atoms with Gasteiger partial charge in [-0.15, -0.1) is 0 Å². The minimum atomic E-state index is -0.249. The van der Waals surface area contributed by atoms with Crippen molar-refractivity contribution >= 4 is 22.8 Å². The van der Waals surface area contributed by atoms with Crippen molar-refractivity contribution in [1.29, 1.82) is 0 Å². The molecule has 1 amide bonds. The number of carbonyl (C=O) groups is 1. The SMILES string of the molecule is CNCc1cc(Oc2ccc3c(ccn3C(=O)Nc3cc(C4CC4)n(C)n3)c2C)ncn1. The number of rotatable bonds is 6. The third kappa shape index (κ3) is 3.82. The molecule has 164 valence electrons. The fourth-order valence-corrected chi connectivity index (χ4v) is 3.93. The Bertz CT molecular complexity index is 1300. The fraction of sp³-hybridized carbons (Fsp3) is 0.304. The van der Waals surface area contributed by atoms with Crippen molar-refractivity contribution in [2.24, 2.45) is 7.05 Å². The van der Waals surface area contributed by atoms with Gasteiger partial charge >= 0.3 is 6.03 Å². The van der Waals surface area contributed by atoms with Crippen molar-refractivity contribution in [3.8, 4) is 11.6 Å².